The van der Waals surface area contributed by atoms with E-state index in [0.29, 0.717) is 6.54 Å². The second kappa shape index (κ2) is 9.56. The lowest BCUT2D eigenvalue weighted by Gasteiger charge is -2.31. The molecule has 1 fully saturated rings. The Balaban J connectivity index is 1.75. The molecular formula is C23H30N2O2. The van der Waals surface area contributed by atoms with Gasteiger partial charge < -0.3 is 10.1 Å². The van der Waals surface area contributed by atoms with Crippen molar-refractivity contribution in [1.29, 1.82) is 0 Å². The fraction of sp³-hybridized carbons (Fsp3) is 0.435. The number of carbonyl (C=O) groups excluding carboxylic acids is 1. The Bertz CT molecular complexity index is 734. The number of amides is 1. The zero-order valence-corrected chi connectivity index (χ0v) is 16.4. The number of aryl methyl sites for hydroxylation is 1. The summed E-state index contributed by atoms with van der Waals surface area (Å²) in [5.74, 6) is 0.851. The van der Waals surface area contributed by atoms with Gasteiger partial charge in [0.1, 0.15) is 5.75 Å². The van der Waals surface area contributed by atoms with E-state index in [9.17, 15) is 4.79 Å². The van der Waals surface area contributed by atoms with Crippen LogP contribution in [0.15, 0.2) is 48.5 Å². The number of hydrogen-bond acceptors (Lipinski definition) is 3. The molecule has 1 amide bonds. The van der Waals surface area contributed by atoms with Crippen molar-refractivity contribution in [3.63, 3.8) is 0 Å². The second-order valence-electron chi connectivity index (χ2n) is 7.32. The average Bonchev–Trinajstić information content (AvgIpc) is 2.98. The molecule has 144 valence electrons. The number of carbonyl (C=O) groups is 1. The first kappa shape index (κ1) is 19.4. The van der Waals surface area contributed by atoms with Crippen molar-refractivity contribution in [2.24, 2.45) is 0 Å². The summed E-state index contributed by atoms with van der Waals surface area (Å²) < 4.78 is 5.30. The molecule has 3 rings (SSSR count). The normalized spacial score (nSPS) is 16.4. The van der Waals surface area contributed by atoms with Crippen LogP contribution in [-0.4, -0.2) is 37.6 Å². The monoisotopic (exact) mass is 366 g/mol. The van der Waals surface area contributed by atoms with Gasteiger partial charge in [-0.25, -0.2) is 0 Å². The molecule has 2 aromatic rings. The molecule has 0 aromatic heterocycles. The average molecular weight is 367 g/mol. The summed E-state index contributed by atoms with van der Waals surface area (Å²) >= 11 is 0. The summed E-state index contributed by atoms with van der Waals surface area (Å²) in [5, 5.41) is 3.16. The van der Waals surface area contributed by atoms with E-state index in [-0.39, 0.29) is 11.9 Å². The molecule has 4 nitrogen and oxygen atoms in total. The van der Waals surface area contributed by atoms with Gasteiger partial charge in [0.2, 0.25) is 0 Å². The molecule has 1 atom stereocenters. The van der Waals surface area contributed by atoms with E-state index < -0.39 is 0 Å². The third kappa shape index (κ3) is 5.33. The van der Waals surface area contributed by atoms with Crippen LogP contribution in [0.3, 0.4) is 0 Å². The van der Waals surface area contributed by atoms with Crippen LogP contribution in [0.4, 0.5) is 0 Å². The maximum Gasteiger partial charge on any atom is 0.251 e. The lowest BCUT2D eigenvalue weighted by molar-refractivity contribution is 0.0933. The van der Waals surface area contributed by atoms with Gasteiger partial charge >= 0.3 is 0 Å². The van der Waals surface area contributed by atoms with Crippen molar-refractivity contribution in [3.8, 4) is 5.75 Å². The fourth-order valence-corrected chi connectivity index (χ4v) is 3.77. The highest BCUT2D eigenvalue weighted by Crippen LogP contribution is 2.25. The predicted octanol–water partition coefficient (Wildman–Crippen LogP) is 4.35. The van der Waals surface area contributed by atoms with Crippen LogP contribution in [0.5, 0.6) is 5.75 Å². The highest BCUT2D eigenvalue weighted by atomic mass is 16.5. The number of ether oxygens (including phenoxy) is 1. The van der Waals surface area contributed by atoms with Crippen LogP contribution in [0, 0.1) is 6.92 Å². The Labute approximate surface area is 162 Å². The van der Waals surface area contributed by atoms with E-state index in [2.05, 4.69) is 22.3 Å². The summed E-state index contributed by atoms with van der Waals surface area (Å²) in [6, 6.07) is 16.2. The quantitative estimate of drug-likeness (QED) is 0.826. The van der Waals surface area contributed by atoms with Crippen molar-refractivity contribution in [2.75, 3.05) is 26.7 Å². The minimum Gasteiger partial charge on any atom is -0.497 e. The van der Waals surface area contributed by atoms with Crippen molar-refractivity contribution < 1.29 is 9.53 Å². The summed E-state index contributed by atoms with van der Waals surface area (Å²) in [4.78, 5) is 15.2. The van der Waals surface area contributed by atoms with Gasteiger partial charge in [0.05, 0.1) is 13.2 Å². The maximum absolute atomic E-state index is 12.6. The number of nitrogens with one attached hydrogen (secondary N) is 1. The van der Waals surface area contributed by atoms with Crippen molar-refractivity contribution >= 4 is 5.91 Å². The zero-order valence-electron chi connectivity index (χ0n) is 16.4. The molecule has 2 aromatic carbocycles. The van der Waals surface area contributed by atoms with Crippen LogP contribution in [0.25, 0.3) is 0 Å². The number of nitrogens with zero attached hydrogens (tertiary/aromatic N) is 1. The molecular weight excluding hydrogens is 336 g/mol. The largest absolute Gasteiger partial charge is 0.497 e. The van der Waals surface area contributed by atoms with E-state index in [1.165, 1.54) is 31.2 Å². The number of benzene rings is 2. The van der Waals surface area contributed by atoms with Gasteiger partial charge in [-0.05, 0) is 62.7 Å². The van der Waals surface area contributed by atoms with Crippen molar-refractivity contribution in [1.82, 2.24) is 10.2 Å². The van der Waals surface area contributed by atoms with E-state index in [1.807, 2.05) is 43.3 Å². The summed E-state index contributed by atoms with van der Waals surface area (Å²) in [7, 11) is 1.68. The third-order valence-electron chi connectivity index (χ3n) is 5.32. The number of likely N-dealkylation sites (tertiary alicyclic amines) is 1. The Kier molecular flexibility index (Phi) is 6.88. The zero-order chi connectivity index (χ0) is 19.1. The van der Waals surface area contributed by atoms with E-state index in [1.54, 1.807) is 7.11 Å². The van der Waals surface area contributed by atoms with Crippen LogP contribution >= 0.6 is 0 Å². The molecule has 1 N–H and O–H groups in total. The number of hydrogen-bond donors (Lipinski definition) is 1. The first-order chi connectivity index (χ1) is 13.2. The van der Waals surface area contributed by atoms with Crippen LogP contribution in [0.2, 0.25) is 0 Å². The minimum atomic E-state index is -0.00738. The van der Waals surface area contributed by atoms with Gasteiger partial charge in [-0.3, -0.25) is 9.69 Å². The minimum absolute atomic E-state index is 0.00738. The SMILES string of the molecule is COc1ccc([C@@H](CNC(=O)c2cccc(C)c2)N2CCCCCC2)cc1. The molecule has 1 aliphatic rings. The van der Waals surface area contributed by atoms with Gasteiger partial charge in [-0.1, -0.05) is 42.7 Å². The van der Waals surface area contributed by atoms with Gasteiger partial charge in [-0.2, -0.15) is 0 Å². The van der Waals surface area contributed by atoms with Crippen LogP contribution < -0.4 is 10.1 Å². The lowest BCUT2D eigenvalue weighted by Crippen LogP contribution is -2.38. The smallest absolute Gasteiger partial charge is 0.251 e. The number of methoxy groups -OCH3 is 1. The Morgan fingerprint density at radius 2 is 1.78 bits per heavy atom. The highest BCUT2D eigenvalue weighted by molar-refractivity contribution is 5.94. The summed E-state index contributed by atoms with van der Waals surface area (Å²) in [6.07, 6.45) is 5.03. The molecule has 4 heteroatoms. The van der Waals surface area contributed by atoms with E-state index >= 15 is 0 Å². The Morgan fingerprint density at radius 1 is 1.07 bits per heavy atom. The molecule has 1 saturated heterocycles. The summed E-state index contributed by atoms with van der Waals surface area (Å²) in [5.41, 5.74) is 3.04. The summed E-state index contributed by atoms with van der Waals surface area (Å²) in [6.45, 7) is 4.78. The fourth-order valence-electron chi connectivity index (χ4n) is 3.77. The van der Waals surface area contributed by atoms with Crippen molar-refractivity contribution in [2.45, 2.75) is 38.6 Å². The van der Waals surface area contributed by atoms with E-state index in [4.69, 9.17) is 4.74 Å². The standard InChI is InChI=1S/C23H30N2O2/c1-18-8-7-9-20(16-18)23(26)24-17-22(25-14-5-3-4-6-15-25)19-10-12-21(27-2)13-11-19/h7-13,16,22H,3-6,14-15,17H2,1-2H3,(H,24,26)/t22-/m1/s1. The second-order valence-corrected chi connectivity index (χ2v) is 7.32. The van der Waals surface area contributed by atoms with Crippen molar-refractivity contribution in [3.05, 3.63) is 65.2 Å². The first-order valence-corrected chi connectivity index (χ1v) is 9.90. The molecule has 0 spiro atoms. The molecule has 0 aliphatic carbocycles. The van der Waals surface area contributed by atoms with Gasteiger partial charge in [-0.15, -0.1) is 0 Å². The third-order valence-corrected chi connectivity index (χ3v) is 5.32. The van der Waals surface area contributed by atoms with E-state index in [0.717, 1.165) is 30.0 Å². The molecule has 0 saturated carbocycles. The molecule has 1 heterocycles. The Hall–Kier alpha value is -2.33. The van der Waals surface area contributed by atoms with Gasteiger partial charge in [0.15, 0.2) is 0 Å². The number of rotatable bonds is 6. The molecule has 0 bridgehead atoms. The Morgan fingerprint density at radius 3 is 2.41 bits per heavy atom. The van der Waals surface area contributed by atoms with Crippen LogP contribution in [-0.2, 0) is 0 Å². The highest BCUT2D eigenvalue weighted by Gasteiger charge is 2.22. The van der Waals surface area contributed by atoms with Gasteiger partial charge in [0.25, 0.3) is 5.91 Å². The first-order valence-electron chi connectivity index (χ1n) is 9.90. The predicted molar refractivity (Wildman–Crippen MR) is 109 cm³/mol. The maximum atomic E-state index is 12.6. The van der Waals surface area contributed by atoms with Gasteiger partial charge in [0, 0.05) is 12.1 Å². The van der Waals surface area contributed by atoms with Crippen LogP contribution in [0.1, 0.15) is 53.2 Å². The topological polar surface area (TPSA) is 41.6 Å². The molecule has 1 aliphatic heterocycles. The lowest BCUT2D eigenvalue weighted by atomic mass is 10.0. The molecule has 27 heavy (non-hydrogen) atoms. The molecule has 0 radical (unpaired) electrons. The molecule has 0 unspecified atom stereocenters.